The minimum Gasteiger partial charge on any atom is -0.476 e. The van der Waals surface area contributed by atoms with E-state index < -0.39 is 34.6 Å². The van der Waals surface area contributed by atoms with E-state index in [1.807, 2.05) is 6.07 Å². The molecule has 10 heteroatoms. The number of carbonyl (C=O) groups excluding carboxylic acids is 1. The zero-order valence-corrected chi connectivity index (χ0v) is 16.0. The standard InChI is InChI=1S/C20H13F3N4O2S/c21-12-2-1-3-13(22)17(12)18-14(23)4-5-15(26-18)19(28)27-16-9-25-30-20(16)29-10-11-6-7-24-8-11/h1-9,24H,10H2,(H,27,28). The molecule has 0 aliphatic rings. The van der Waals surface area contributed by atoms with Crippen molar-refractivity contribution >= 4 is 23.1 Å². The molecule has 0 atom stereocenters. The molecule has 0 unspecified atom stereocenters. The van der Waals surface area contributed by atoms with E-state index in [0.717, 1.165) is 47.4 Å². The number of amides is 1. The molecular weight excluding hydrogens is 417 g/mol. The van der Waals surface area contributed by atoms with Crippen molar-refractivity contribution in [2.45, 2.75) is 6.61 Å². The number of carbonyl (C=O) groups is 1. The number of pyridine rings is 1. The average molecular weight is 430 g/mol. The van der Waals surface area contributed by atoms with Gasteiger partial charge < -0.3 is 15.0 Å². The van der Waals surface area contributed by atoms with Crippen molar-refractivity contribution in [3.05, 3.63) is 83.7 Å². The van der Waals surface area contributed by atoms with Crippen LogP contribution in [0.3, 0.4) is 0 Å². The third-order valence-electron chi connectivity index (χ3n) is 4.10. The summed E-state index contributed by atoms with van der Waals surface area (Å²) in [5.74, 6) is -3.63. The van der Waals surface area contributed by atoms with Crippen LogP contribution in [0, 0.1) is 17.5 Å². The van der Waals surface area contributed by atoms with E-state index in [2.05, 4.69) is 19.7 Å². The number of aromatic amines is 1. The molecule has 4 aromatic rings. The smallest absolute Gasteiger partial charge is 0.274 e. The van der Waals surface area contributed by atoms with Gasteiger partial charge in [0.1, 0.15) is 41.1 Å². The predicted octanol–water partition coefficient (Wildman–Crippen LogP) is 4.78. The lowest BCUT2D eigenvalue weighted by atomic mass is 10.1. The van der Waals surface area contributed by atoms with Gasteiger partial charge in [0.05, 0.1) is 11.8 Å². The maximum absolute atomic E-state index is 14.2. The van der Waals surface area contributed by atoms with Gasteiger partial charge >= 0.3 is 0 Å². The molecule has 0 aliphatic heterocycles. The van der Waals surface area contributed by atoms with Gasteiger partial charge in [0, 0.05) is 29.5 Å². The minimum atomic E-state index is -0.985. The zero-order valence-electron chi connectivity index (χ0n) is 15.2. The van der Waals surface area contributed by atoms with Crippen LogP contribution in [0.15, 0.2) is 55.0 Å². The van der Waals surface area contributed by atoms with Gasteiger partial charge in [-0.05, 0) is 30.3 Å². The molecule has 0 bridgehead atoms. The van der Waals surface area contributed by atoms with E-state index in [9.17, 15) is 18.0 Å². The third kappa shape index (κ3) is 4.03. The van der Waals surface area contributed by atoms with E-state index in [-0.39, 0.29) is 12.3 Å². The van der Waals surface area contributed by atoms with E-state index in [1.165, 1.54) is 6.20 Å². The number of benzene rings is 1. The van der Waals surface area contributed by atoms with E-state index in [4.69, 9.17) is 4.74 Å². The highest BCUT2D eigenvalue weighted by molar-refractivity contribution is 7.08. The van der Waals surface area contributed by atoms with Crippen LogP contribution in [0.4, 0.5) is 18.9 Å². The Morgan fingerprint density at radius 2 is 1.90 bits per heavy atom. The number of halogens is 3. The van der Waals surface area contributed by atoms with Crippen molar-refractivity contribution in [2.75, 3.05) is 5.32 Å². The first kappa shape index (κ1) is 19.6. The first-order valence-corrected chi connectivity index (χ1v) is 9.41. The summed E-state index contributed by atoms with van der Waals surface area (Å²) >= 11 is 1.04. The number of hydrogen-bond acceptors (Lipinski definition) is 5. The van der Waals surface area contributed by atoms with Crippen LogP contribution >= 0.6 is 11.5 Å². The summed E-state index contributed by atoms with van der Waals surface area (Å²) in [6.45, 7) is 0.264. The molecular formula is C20H13F3N4O2S. The van der Waals surface area contributed by atoms with E-state index in [0.29, 0.717) is 10.8 Å². The van der Waals surface area contributed by atoms with Crippen LogP contribution in [0.2, 0.25) is 0 Å². The second-order valence-corrected chi connectivity index (χ2v) is 6.88. The molecule has 0 saturated heterocycles. The summed E-state index contributed by atoms with van der Waals surface area (Å²) in [5.41, 5.74) is -0.262. The van der Waals surface area contributed by atoms with Gasteiger partial charge in [-0.25, -0.2) is 18.2 Å². The lowest BCUT2D eigenvalue weighted by Gasteiger charge is -2.09. The normalized spacial score (nSPS) is 10.8. The molecule has 0 saturated carbocycles. The maximum atomic E-state index is 14.2. The number of anilines is 1. The van der Waals surface area contributed by atoms with Crippen molar-refractivity contribution in [1.29, 1.82) is 0 Å². The van der Waals surface area contributed by atoms with Gasteiger partial charge in [-0.1, -0.05) is 6.07 Å². The topological polar surface area (TPSA) is 79.9 Å². The van der Waals surface area contributed by atoms with Crippen molar-refractivity contribution in [3.63, 3.8) is 0 Å². The lowest BCUT2D eigenvalue weighted by molar-refractivity contribution is 0.102. The summed E-state index contributed by atoms with van der Waals surface area (Å²) < 4.78 is 51.9. The van der Waals surface area contributed by atoms with E-state index in [1.54, 1.807) is 12.4 Å². The molecule has 152 valence electrons. The highest BCUT2D eigenvalue weighted by atomic mass is 32.1. The van der Waals surface area contributed by atoms with Gasteiger partial charge in [-0.3, -0.25) is 4.79 Å². The molecule has 0 spiro atoms. The van der Waals surface area contributed by atoms with Gasteiger partial charge in [-0.2, -0.15) is 4.37 Å². The molecule has 0 fully saturated rings. The Balaban J connectivity index is 1.56. The summed E-state index contributed by atoms with van der Waals surface area (Å²) in [4.78, 5) is 19.3. The Kier molecular flexibility index (Phi) is 5.48. The largest absolute Gasteiger partial charge is 0.476 e. The monoisotopic (exact) mass is 430 g/mol. The molecule has 1 aromatic carbocycles. The van der Waals surface area contributed by atoms with Crippen molar-refractivity contribution in [1.82, 2.24) is 14.3 Å². The number of nitrogens with one attached hydrogen (secondary N) is 2. The summed E-state index contributed by atoms with van der Waals surface area (Å²) in [6, 6.07) is 7.01. The summed E-state index contributed by atoms with van der Waals surface area (Å²) in [5, 5.41) is 2.94. The molecule has 30 heavy (non-hydrogen) atoms. The van der Waals surface area contributed by atoms with Crippen LogP contribution < -0.4 is 10.1 Å². The van der Waals surface area contributed by atoms with Crippen LogP contribution in [0.1, 0.15) is 16.1 Å². The van der Waals surface area contributed by atoms with Gasteiger partial charge in [0.15, 0.2) is 0 Å². The fourth-order valence-electron chi connectivity index (χ4n) is 2.67. The van der Waals surface area contributed by atoms with Crippen LogP contribution in [0.25, 0.3) is 11.3 Å². The zero-order chi connectivity index (χ0) is 21.1. The summed E-state index contributed by atoms with van der Waals surface area (Å²) in [7, 11) is 0. The number of rotatable bonds is 6. The van der Waals surface area contributed by atoms with Crippen LogP contribution in [0.5, 0.6) is 5.06 Å². The number of hydrogen-bond donors (Lipinski definition) is 2. The van der Waals surface area contributed by atoms with Crippen LogP contribution in [-0.4, -0.2) is 20.2 Å². The molecule has 1 amide bonds. The SMILES string of the molecule is O=C(Nc1cnsc1OCc1cc[nH]c1)c1ccc(F)c(-c2c(F)cccc2F)n1. The average Bonchev–Trinajstić information content (AvgIpc) is 3.39. The molecule has 3 heterocycles. The van der Waals surface area contributed by atoms with Gasteiger partial charge in [-0.15, -0.1) is 0 Å². The quantitative estimate of drug-likeness (QED) is 0.461. The Bertz CT molecular complexity index is 1170. The van der Waals surface area contributed by atoms with Crippen molar-refractivity contribution in [3.8, 4) is 16.3 Å². The molecule has 6 nitrogen and oxygen atoms in total. The Morgan fingerprint density at radius 3 is 2.63 bits per heavy atom. The summed E-state index contributed by atoms with van der Waals surface area (Å²) in [6.07, 6.45) is 4.92. The molecule has 0 radical (unpaired) electrons. The Hall–Kier alpha value is -3.66. The fourth-order valence-corrected chi connectivity index (χ4v) is 3.24. The number of nitrogens with zero attached hydrogens (tertiary/aromatic N) is 2. The molecule has 0 aliphatic carbocycles. The first-order valence-electron chi connectivity index (χ1n) is 8.64. The Morgan fingerprint density at radius 1 is 1.10 bits per heavy atom. The second-order valence-electron chi connectivity index (χ2n) is 6.11. The highest BCUT2D eigenvalue weighted by Gasteiger charge is 2.20. The van der Waals surface area contributed by atoms with Gasteiger partial charge in [0.25, 0.3) is 5.91 Å². The molecule has 4 rings (SSSR count). The van der Waals surface area contributed by atoms with Crippen LogP contribution in [-0.2, 0) is 6.61 Å². The van der Waals surface area contributed by atoms with Crippen molar-refractivity contribution in [2.24, 2.45) is 0 Å². The lowest BCUT2D eigenvalue weighted by Crippen LogP contribution is -2.15. The maximum Gasteiger partial charge on any atom is 0.274 e. The number of aromatic nitrogens is 3. The van der Waals surface area contributed by atoms with Crippen molar-refractivity contribution < 1.29 is 22.7 Å². The molecule has 2 N–H and O–H groups in total. The predicted molar refractivity (Wildman–Crippen MR) is 105 cm³/mol. The third-order valence-corrected chi connectivity index (χ3v) is 4.81. The fraction of sp³-hybridized carbons (Fsp3) is 0.0500. The number of H-pyrrole nitrogens is 1. The highest BCUT2D eigenvalue weighted by Crippen LogP contribution is 2.31. The van der Waals surface area contributed by atoms with E-state index >= 15 is 0 Å². The molecule has 3 aromatic heterocycles. The van der Waals surface area contributed by atoms with Gasteiger partial charge in [0.2, 0.25) is 5.06 Å². The number of ether oxygens (including phenoxy) is 1. The Labute approximate surface area is 172 Å². The first-order chi connectivity index (χ1) is 14.5. The second kappa shape index (κ2) is 8.37. The minimum absolute atomic E-state index is 0.225.